The van der Waals surface area contributed by atoms with Crippen LogP contribution in [0.5, 0.6) is 0 Å². The number of halogens is 3. The van der Waals surface area contributed by atoms with E-state index in [0.29, 0.717) is 5.56 Å². The summed E-state index contributed by atoms with van der Waals surface area (Å²) in [7, 11) is 0. The fraction of sp³-hybridized carbons (Fsp3) is 0.143. The summed E-state index contributed by atoms with van der Waals surface area (Å²) in [4.78, 5) is 0. The molecule has 0 aliphatic rings. The first-order valence-corrected chi connectivity index (χ1v) is 5.52. The molecule has 0 spiro atoms. The van der Waals surface area contributed by atoms with Crippen LogP contribution in [0.15, 0.2) is 42.5 Å². The van der Waals surface area contributed by atoms with Crippen molar-refractivity contribution in [1.82, 2.24) is 0 Å². The Hall–Kier alpha value is -1.81. The minimum Gasteiger partial charge on any atom is -0.324 e. The van der Waals surface area contributed by atoms with Gasteiger partial charge in [-0.2, -0.15) is 0 Å². The zero-order chi connectivity index (χ0) is 13.1. The van der Waals surface area contributed by atoms with Gasteiger partial charge in [0.05, 0.1) is 0 Å². The lowest BCUT2D eigenvalue weighted by Crippen LogP contribution is -2.15. The Morgan fingerprint density at radius 2 is 1.67 bits per heavy atom. The summed E-state index contributed by atoms with van der Waals surface area (Å²) < 4.78 is 39.7. The van der Waals surface area contributed by atoms with E-state index in [0.717, 1.165) is 12.1 Å². The lowest BCUT2D eigenvalue weighted by Gasteiger charge is -2.13. The van der Waals surface area contributed by atoms with Crippen molar-refractivity contribution in [1.29, 1.82) is 0 Å². The van der Waals surface area contributed by atoms with E-state index in [1.807, 2.05) is 0 Å². The Kier molecular flexibility index (Phi) is 3.67. The van der Waals surface area contributed by atoms with E-state index in [4.69, 9.17) is 5.73 Å². The number of hydrogen-bond donors (Lipinski definition) is 1. The number of benzene rings is 2. The van der Waals surface area contributed by atoms with Gasteiger partial charge in [0.1, 0.15) is 17.5 Å². The molecule has 0 aliphatic carbocycles. The largest absolute Gasteiger partial charge is 0.324 e. The van der Waals surface area contributed by atoms with Crippen molar-refractivity contribution in [3.8, 4) is 0 Å². The van der Waals surface area contributed by atoms with Crippen LogP contribution in [0.4, 0.5) is 13.2 Å². The van der Waals surface area contributed by atoms with Gasteiger partial charge in [-0.05, 0) is 24.1 Å². The molecule has 0 bridgehead atoms. The van der Waals surface area contributed by atoms with Crippen molar-refractivity contribution >= 4 is 0 Å². The van der Waals surface area contributed by atoms with Crippen LogP contribution in [0, 0.1) is 17.5 Å². The fourth-order valence-electron chi connectivity index (χ4n) is 1.81. The molecule has 2 aromatic rings. The Balaban J connectivity index is 2.21. The highest BCUT2D eigenvalue weighted by molar-refractivity contribution is 5.25. The average molecular weight is 251 g/mol. The van der Waals surface area contributed by atoms with E-state index in [-0.39, 0.29) is 12.0 Å². The van der Waals surface area contributed by atoms with Gasteiger partial charge < -0.3 is 5.73 Å². The molecule has 0 aliphatic heterocycles. The molecule has 2 N–H and O–H groups in total. The van der Waals surface area contributed by atoms with Gasteiger partial charge in [0, 0.05) is 17.7 Å². The van der Waals surface area contributed by atoms with Crippen LogP contribution in [0.25, 0.3) is 0 Å². The van der Waals surface area contributed by atoms with Crippen molar-refractivity contribution in [2.45, 2.75) is 12.5 Å². The van der Waals surface area contributed by atoms with Gasteiger partial charge in [-0.15, -0.1) is 0 Å². The third kappa shape index (κ3) is 2.71. The van der Waals surface area contributed by atoms with Gasteiger partial charge in [0.2, 0.25) is 0 Å². The SMILES string of the molecule is NC(Cc1ccc(F)cc1F)c1ccccc1F. The third-order valence-corrected chi connectivity index (χ3v) is 2.76. The summed E-state index contributed by atoms with van der Waals surface area (Å²) >= 11 is 0. The monoisotopic (exact) mass is 251 g/mol. The second-order valence-electron chi connectivity index (χ2n) is 4.07. The van der Waals surface area contributed by atoms with Crippen molar-refractivity contribution in [3.63, 3.8) is 0 Å². The second kappa shape index (κ2) is 5.23. The predicted molar refractivity (Wildman–Crippen MR) is 63.4 cm³/mol. The van der Waals surface area contributed by atoms with Gasteiger partial charge >= 0.3 is 0 Å². The molecule has 0 fully saturated rings. The first-order valence-electron chi connectivity index (χ1n) is 5.52. The highest BCUT2D eigenvalue weighted by Crippen LogP contribution is 2.20. The Morgan fingerprint density at radius 3 is 2.33 bits per heavy atom. The summed E-state index contributed by atoms with van der Waals surface area (Å²) in [6, 6.07) is 8.70. The van der Waals surface area contributed by atoms with E-state index in [1.54, 1.807) is 18.2 Å². The zero-order valence-electron chi connectivity index (χ0n) is 9.54. The van der Waals surface area contributed by atoms with Gasteiger partial charge in [-0.3, -0.25) is 0 Å². The van der Waals surface area contributed by atoms with Crippen molar-refractivity contribution < 1.29 is 13.2 Å². The summed E-state index contributed by atoms with van der Waals surface area (Å²) in [5.74, 6) is -1.73. The molecule has 94 valence electrons. The molecule has 0 saturated heterocycles. The maximum Gasteiger partial charge on any atom is 0.129 e. The Morgan fingerprint density at radius 1 is 0.944 bits per heavy atom. The normalized spacial score (nSPS) is 12.4. The molecular weight excluding hydrogens is 239 g/mol. The highest BCUT2D eigenvalue weighted by Gasteiger charge is 2.14. The van der Waals surface area contributed by atoms with Crippen LogP contribution in [0.2, 0.25) is 0 Å². The van der Waals surface area contributed by atoms with E-state index in [9.17, 15) is 13.2 Å². The topological polar surface area (TPSA) is 26.0 Å². The van der Waals surface area contributed by atoms with E-state index >= 15 is 0 Å². The maximum atomic E-state index is 13.5. The van der Waals surface area contributed by atoms with E-state index < -0.39 is 23.5 Å². The van der Waals surface area contributed by atoms with Crippen molar-refractivity contribution in [2.75, 3.05) is 0 Å². The number of rotatable bonds is 3. The second-order valence-corrected chi connectivity index (χ2v) is 4.07. The molecule has 1 nitrogen and oxygen atoms in total. The molecule has 0 radical (unpaired) electrons. The minimum absolute atomic E-state index is 0.118. The van der Waals surface area contributed by atoms with Crippen LogP contribution in [-0.2, 0) is 6.42 Å². The van der Waals surface area contributed by atoms with Crippen LogP contribution in [0.1, 0.15) is 17.2 Å². The predicted octanol–water partition coefficient (Wildman–Crippen LogP) is 3.35. The maximum absolute atomic E-state index is 13.5. The Bertz CT molecular complexity index is 554. The first-order chi connectivity index (χ1) is 8.58. The van der Waals surface area contributed by atoms with Gasteiger partial charge in [-0.25, -0.2) is 13.2 Å². The minimum atomic E-state index is -0.665. The van der Waals surface area contributed by atoms with Crippen LogP contribution < -0.4 is 5.73 Å². The molecular formula is C14H12F3N. The zero-order valence-corrected chi connectivity index (χ0v) is 9.54. The van der Waals surface area contributed by atoms with Crippen molar-refractivity contribution in [3.05, 3.63) is 71.0 Å². The molecule has 1 unspecified atom stereocenters. The molecule has 0 saturated carbocycles. The molecule has 18 heavy (non-hydrogen) atoms. The quantitative estimate of drug-likeness (QED) is 0.889. The van der Waals surface area contributed by atoms with Gasteiger partial charge in [-0.1, -0.05) is 24.3 Å². The number of hydrogen-bond acceptors (Lipinski definition) is 1. The van der Waals surface area contributed by atoms with Gasteiger partial charge in [0.15, 0.2) is 0 Å². The van der Waals surface area contributed by atoms with Crippen LogP contribution in [-0.4, -0.2) is 0 Å². The van der Waals surface area contributed by atoms with Crippen LogP contribution in [0.3, 0.4) is 0 Å². The molecule has 2 rings (SSSR count). The van der Waals surface area contributed by atoms with Crippen LogP contribution >= 0.6 is 0 Å². The molecule has 1 atom stereocenters. The average Bonchev–Trinajstić information content (AvgIpc) is 2.33. The lowest BCUT2D eigenvalue weighted by atomic mass is 9.99. The molecule has 4 heteroatoms. The summed E-state index contributed by atoms with van der Waals surface area (Å²) in [5.41, 5.74) is 6.43. The molecule has 2 aromatic carbocycles. The third-order valence-electron chi connectivity index (χ3n) is 2.76. The smallest absolute Gasteiger partial charge is 0.129 e. The molecule has 0 amide bonds. The summed E-state index contributed by atoms with van der Waals surface area (Å²) in [6.07, 6.45) is 0.118. The lowest BCUT2D eigenvalue weighted by molar-refractivity contribution is 0.550. The van der Waals surface area contributed by atoms with Crippen molar-refractivity contribution in [2.24, 2.45) is 5.73 Å². The Labute approximate surface area is 103 Å². The molecule has 0 heterocycles. The molecule has 0 aromatic heterocycles. The van der Waals surface area contributed by atoms with E-state index in [2.05, 4.69) is 0 Å². The van der Waals surface area contributed by atoms with E-state index in [1.165, 1.54) is 12.1 Å². The summed E-state index contributed by atoms with van der Waals surface area (Å²) in [5, 5.41) is 0. The summed E-state index contributed by atoms with van der Waals surface area (Å²) in [6.45, 7) is 0. The standard InChI is InChI=1S/C14H12F3N/c15-10-6-5-9(13(17)8-10)7-14(18)11-3-1-2-4-12(11)16/h1-6,8,14H,7,18H2. The fourth-order valence-corrected chi connectivity index (χ4v) is 1.81. The first kappa shape index (κ1) is 12.6. The van der Waals surface area contributed by atoms with Gasteiger partial charge in [0.25, 0.3) is 0 Å². The highest BCUT2D eigenvalue weighted by atomic mass is 19.1. The number of nitrogens with two attached hydrogens (primary N) is 1.